The van der Waals surface area contributed by atoms with Gasteiger partial charge in [-0.15, -0.1) is 0 Å². The van der Waals surface area contributed by atoms with E-state index in [9.17, 15) is 9.59 Å². The van der Waals surface area contributed by atoms with E-state index in [1.807, 2.05) is 55.5 Å². The molecule has 0 aliphatic heterocycles. The van der Waals surface area contributed by atoms with Crippen molar-refractivity contribution in [2.75, 3.05) is 27.4 Å². The normalized spacial score (nSPS) is 10.5. The van der Waals surface area contributed by atoms with Gasteiger partial charge in [-0.2, -0.15) is 0 Å². The largest absolute Gasteiger partial charge is 0.496 e. The van der Waals surface area contributed by atoms with Crippen molar-refractivity contribution in [3.63, 3.8) is 0 Å². The van der Waals surface area contributed by atoms with E-state index in [0.29, 0.717) is 24.7 Å². The van der Waals surface area contributed by atoms with E-state index in [0.717, 1.165) is 11.1 Å². The highest BCUT2D eigenvalue weighted by Gasteiger charge is 2.13. The Labute approximate surface area is 165 Å². The third-order valence-electron chi connectivity index (χ3n) is 3.98. The second kappa shape index (κ2) is 10.8. The number of amides is 1. The highest BCUT2D eigenvalue weighted by atomic mass is 16.5. The molecule has 148 valence electrons. The molecule has 0 radical (unpaired) electrons. The van der Waals surface area contributed by atoms with Crippen LogP contribution in [-0.4, -0.2) is 44.1 Å². The van der Waals surface area contributed by atoms with Gasteiger partial charge in [-0.05, 0) is 25.1 Å². The Bertz CT molecular complexity index is 831. The number of ether oxygens (including phenoxy) is 3. The van der Waals surface area contributed by atoms with E-state index in [-0.39, 0.29) is 12.5 Å². The number of hydrogen-bond donors (Lipinski definition) is 0. The molecule has 0 bridgehead atoms. The van der Waals surface area contributed by atoms with Gasteiger partial charge in [-0.3, -0.25) is 4.79 Å². The van der Waals surface area contributed by atoms with E-state index in [2.05, 4.69) is 0 Å². The van der Waals surface area contributed by atoms with Gasteiger partial charge < -0.3 is 19.1 Å². The topological polar surface area (TPSA) is 65.1 Å². The molecule has 28 heavy (non-hydrogen) atoms. The lowest BCUT2D eigenvalue weighted by atomic mass is 10.2. The van der Waals surface area contributed by atoms with Crippen molar-refractivity contribution in [2.45, 2.75) is 13.5 Å². The molecule has 0 aliphatic rings. The molecule has 2 rings (SSSR count). The number of hydrogen-bond acceptors (Lipinski definition) is 5. The molecule has 0 aromatic heterocycles. The molecule has 0 saturated heterocycles. The first kappa shape index (κ1) is 21.0. The maximum Gasteiger partial charge on any atom is 0.331 e. The summed E-state index contributed by atoms with van der Waals surface area (Å²) in [6, 6.07) is 14.8. The first-order valence-corrected chi connectivity index (χ1v) is 8.97. The molecule has 0 atom stereocenters. The van der Waals surface area contributed by atoms with Crippen LogP contribution in [0.15, 0.2) is 54.6 Å². The molecule has 2 aromatic carbocycles. The van der Waals surface area contributed by atoms with E-state index in [4.69, 9.17) is 14.2 Å². The Kier molecular flexibility index (Phi) is 8.09. The molecule has 0 N–H and O–H groups in total. The fraction of sp³-hybridized carbons (Fsp3) is 0.273. The van der Waals surface area contributed by atoms with Crippen LogP contribution >= 0.6 is 0 Å². The first-order valence-electron chi connectivity index (χ1n) is 8.97. The monoisotopic (exact) mass is 383 g/mol. The molecule has 6 nitrogen and oxygen atoms in total. The van der Waals surface area contributed by atoms with E-state index in [1.54, 1.807) is 20.2 Å². The summed E-state index contributed by atoms with van der Waals surface area (Å²) in [4.78, 5) is 25.6. The predicted octanol–water partition coefficient (Wildman–Crippen LogP) is 3.31. The van der Waals surface area contributed by atoms with Gasteiger partial charge in [0, 0.05) is 30.8 Å². The summed E-state index contributed by atoms with van der Waals surface area (Å²) < 4.78 is 15.8. The van der Waals surface area contributed by atoms with Crippen molar-refractivity contribution in [2.24, 2.45) is 0 Å². The van der Waals surface area contributed by atoms with Gasteiger partial charge in [0.25, 0.3) is 5.91 Å². The minimum Gasteiger partial charge on any atom is -0.496 e. The summed E-state index contributed by atoms with van der Waals surface area (Å²) >= 11 is 0. The molecule has 0 fully saturated rings. The molecule has 0 saturated carbocycles. The summed E-state index contributed by atoms with van der Waals surface area (Å²) in [5.74, 6) is 0.490. The number of nitrogens with zero attached hydrogens (tertiary/aromatic N) is 1. The zero-order valence-corrected chi connectivity index (χ0v) is 16.4. The molecular formula is C22H25NO5. The zero-order valence-electron chi connectivity index (χ0n) is 16.4. The second-order valence-corrected chi connectivity index (χ2v) is 5.97. The van der Waals surface area contributed by atoms with Crippen LogP contribution in [0.25, 0.3) is 6.08 Å². The predicted molar refractivity (Wildman–Crippen MR) is 107 cm³/mol. The van der Waals surface area contributed by atoms with Crippen LogP contribution in [0.5, 0.6) is 11.5 Å². The number of para-hydroxylation sites is 2. The fourth-order valence-corrected chi connectivity index (χ4v) is 2.53. The Morgan fingerprint density at radius 1 is 1.04 bits per heavy atom. The van der Waals surface area contributed by atoms with Crippen LogP contribution in [0.4, 0.5) is 0 Å². The van der Waals surface area contributed by atoms with Gasteiger partial charge in [0.05, 0.1) is 13.7 Å². The van der Waals surface area contributed by atoms with Crippen LogP contribution in [-0.2, 0) is 20.9 Å². The van der Waals surface area contributed by atoms with Gasteiger partial charge in [-0.1, -0.05) is 36.4 Å². The third-order valence-corrected chi connectivity index (χ3v) is 3.98. The summed E-state index contributed by atoms with van der Waals surface area (Å²) in [5, 5.41) is 0. The van der Waals surface area contributed by atoms with E-state index in [1.165, 1.54) is 11.0 Å². The SMILES string of the molecule is CCOc1ccccc1/C=C/C(=O)OCC(=O)N(C)Cc1ccccc1OC. The van der Waals surface area contributed by atoms with Gasteiger partial charge in [0.15, 0.2) is 6.61 Å². The Morgan fingerprint density at radius 3 is 2.43 bits per heavy atom. The maximum absolute atomic E-state index is 12.2. The molecule has 0 unspecified atom stereocenters. The van der Waals surface area contributed by atoms with Crippen LogP contribution in [0.1, 0.15) is 18.1 Å². The van der Waals surface area contributed by atoms with E-state index >= 15 is 0 Å². The average molecular weight is 383 g/mol. The number of esters is 1. The van der Waals surface area contributed by atoms with Crippen molar-refractivity contribution in [3.05, 3.63) is 65.7 Å². The molecule has 0 aliphatic carbocycles. The lowest BCUT2D eigenvalue weighted by Crippen LogP contribution is -2.30. The first-order chi connectivity index (χ1) is 13.5. The second-order valence-electron chi connectivity index (χ2n) is 5.97. The lowest BCUT2D eigenvalue weighted by Gasteiger charge is -2.18. The minimum absolute atomic E-state index is 0.303. The molecule has 1 amide bonds. The average Bonchev–Trinajstić information content (AvgIpc) is 2.71. The maximum atomic E-state index is 12.2. The van der Waals surface area contributed by atoms with Crippen molar-refractivity contribution in [1.82, 2.24) is 4.90 Å². The van der Waals surface area contributed by atoms with Crippen LogP contribution < -0.4 is 9.47 Å². The highest BCUT2D eigenvalue weighted by Crippen LogP contribution is 2.20. The third kappa shape index (κ3) is 6.16. The zero-order chi connectivity index (χ0) is 20.4. The summed E-state index contributed by atoms with van der Waals surface area (Å²) in [5.41, 5.74) is 1.64. The Morgan fingerprint density at radius 2 is 1.71 bits per heavy atom. The summed E-state index contributed by atoms with van der Waals surface area (Å²) in [7, 11) is 3.23. The van der Waals surface area contributed by atoms with Crippen molar-refractivity contribution < 1.29 is 23.8 Å². The smallest absolute Gasteiger partial charge is 0.331 e. The summed E-state index contributed by atoms with van der Waals surface area (Å²) in [6.45, 7) is 2.45. The summed E-state index contributed by atoms with van der Waals surface area (Å²) in [6.07, 6.45) is 2.89. The number of carbonyl (C=O) groups is 2. The molecule has 2 aromatic rings. The molecule has 0 spiro atoms. The minimum atomic E-state index is -0.592. The molecular weight excluding hydrogens is 358 g/mol. The van der Waals surface area contributed by atoms with Crippen LogP contribution in [0.2, 0.25) is 0 Å². The molecule has 0 heterocycles. The van der Waals surface area contributed by atoms with E-state index < -0.39 is 5.97 Å². The quantitative estimate of drug-likeness (QED) is 0.491. The van der Waals surface area contributed by atoms with Crippen molar-refractivity contribution in [3.8, 4) is 11.5 Å². The number of likely N-dealkylation sites (N-methyl/N-ethyl adjacent to an activating group) is 1. The van der Waals surface area contributed by atoms with Gasteiger partial charge in [0.2, 0.25) is 0 Å². The number of methoxy groups -OCH3 is 1. The van der Waals surface area contributed by atoms with Crippen molar-refractivity contribution >= 4 is 18.0 Å². The number of rotatable bonds is 9. The lowest BCUT2D eigenvalue weighted by molar-refractivity contribution is -0.147. The Hall–Kier alpha value is -3.28. The van der Waals surface area contributed by atoms with Crippen LogP contribution in [0, 0.1) is 0 Å². The number of benzene rings is 2. The van der Waals surface area contributed by atoms with Gasteiger partial charge in [0.1, 0.15) is 11.5 Å². The number of carbonyl (C=O) groups excluding carboxylic acids is 2. The fourth-order valence-electron chi connectivity index (χ4n) is 2.53. The highest BCUT2D eigenvalue weighted by molar-refractivity contribution is 5.89. The van der Waals surface area contributed by atoms with Crippen molar-refractivity contribution in [1.29, 1.82) is 0 Å². The van der Waals surface area contributed by atoms with Gasteiger partial charge >= 0.3 is 5.97 Å². The standard InChI is InChI=1S/C22H25NO5/c1-4-27-20-12-8-5-9-17(20)13-14-22(25)28-16-21(24)23(2)15-18-10-6-7-11-19(18)26-3/h5-14H,4,15-16H2,1-3H3/b14-13+. The molecule has 6 heteroatoms. The Balaban J connectivity index is 1.87. The van der Waals surface area contributed by atoms with Crippen LogP contribution in [0.3, 0.4) is 0 Å². The van der Waals surface area contributed by atoms with Gasteiger partial charge in [-0.25, -0.2) is 4.79 Å².